The number of halogens is 1. The molecule has 0 aromatic heterocycles. The van der Waals surface area contributed by atoms with Crippen LogP contribution < -0.4 is 4.74 Å². The summed E-state index contributed by atoms with van der Waals surface area (Å²) in [5.74, 6) is 0.471. The lowest BCUT2D eigenvalue weighted by molar-refractivity contribution is -0.145. The standard InChI is InChI=1S/C32H35FO3/c1-6-35-30(34)28-18-32(28)14-13-22-9-10-23(17-27(22)32)36-19-21-8-11-26(31(3,4)5)24(16-21)25-15-20(2)7-12-29(25)33/h7-12,15-17,28H,6,13-14,18-19H2,1-5H3/t28-,32+/m1/s1. The predicted molar refractivity (Wildman–Crippen MR) is 141 cm³/mol. The maximum Gasteiger partial charge on any atom is 0.309 e. The quantitative estimate of drug-likeness (QED) is 0.340. The molecule has 188 valence electrons. The molecule has 0 bridgehead atoms. The van der Waals surface area contributed by atoms with E-state index in [1.807, 2.05) is 26.0 Å². The van der Waals surface area contributed by atoms with Crippen molar-refractivity contribution in [3.05, 3.63) is 88.2 Å². The molecule has 3 aromatic carbocycles. The van der Waals surface area contributed by atoms with E-state index < -0.39 is 0 Å². The maximum atomic E-state index is 14.9. The van der Waals surface area contributed by atoms with Crippen LogP contribution >= 0.6 is 0 Å². The van der Waals surface area contributed by atoms with Crippen molar-refractivity contribution in [1.29, 1.82) is 0 Å². The molecule has 0 amide bonds. The van der Waals surface area contributed by atoms with Crippen molar-refractivity contribution in [3.63, 3.8) is 0 Å². The van der Waals surface area contributed by atoms with Gasteiger partial charge in [0.2, 0.25) is 0 Å². The molecule has 2 atom stereocenters. The third-order valence-electron chi connectivity index (χ3n) is 7.81. The van der Waals surface area contributed by atoms with E-state index >= 15 is 0 Å². The summed E-state index contributed by atoms with van der Waals surface area (Å²) in [6.07, 6.45) is 2.85. The second kappa shape index (κ2) is 9.06. The summed E-state index contributed by atoms with van der Waals surface area (Å²) in [5.41, 5.74) is 7.00. The molecule has 0 unspecified atom stereocenters. The number of aryl methyl sites for hydroxylation is 2. The molecule has 1 saturated carbocycles. The minimum atomic E-state index is -0.214. The molecule has 0 N–H and O–H groups in total. The fourth-order valence-electron chi connectivity index (χ4n) is 5.82. The smallest absolute Gasteiger partial charge is 0.309 e. The molecule has 5 rings (SSSR count). The minimum Gasteiger partial charge on any atom is -0.489 e. The summed E-state index contributed by atoms with van der Waals surface area (Å²) in [7, 11) is 0. The number of rotatable bonds is 6. The molecular weight excluding hydrogens is 451 g/mol. The van der Waals surface area contributed by atoms with Gasteiger partial charge in [-0.05, 0) is 96.7 Å². The highest BCUT2D eigenvalue weighted by Gasteiger charge is 2.62. The number of hydrogen-bond donors (Lipinski definition) is 0. The van der Waals surface area contributed by atoms with Gasteiger partial charge in [0, 0.05) is 11.0 Å². The van der Waals surface area contributed by atoms with Crippen molar-refractivity contribution in [1.82, 2.24) is 0 Å². The van der Waals surface area contributed by atoms with E-state index in [1.54, 1.807) is 12.1 Å². The van der Waals surface area contributed by atoms with Gasteiger partial charge in [-0.15, -0.1) is 0 Å². The maximum absolute atomic E-state index is 14.9. The van der Waals surface area contributed by atoms with Gasteiger partial charge in [-0.2, -0.15) is 0 Å². The number of fused-ring (bicyclic) bond motifs is 2. The molecule has 0 radical (unpaired) electrons. The zero-order valence-corrected chi connectivity index (χ0v) is 21.9. The van der Waals surface area contributed by atoms with E-state index in [2.05, 4.69) is 51.1 Å². The van der Waals surface area contributed by atoms with Gasteiger partial charge in [-0.3, -0.25) is 4.79 Å². The molecule has 0 saturated heterocycles. The van der Waals surface area contributed by atoms with Gasteiger partial charge in [0.25, 0.3) is 0 Å². The summed E-state index contributed by atoms with van der Waals surface area (Å²) in [6, 6.07) is 17.8. The first-order chi connectivity index (χ1) is 17.1. The highest BCUT2D eigenvalue weighted by atomic mass is 19.1. The number of esters is 1. The fourth-order valence-corrected chi connectivity index (χ4v) is 5.82. The lowest BCUT2D eigenvalue weighted by Crippen LogP contribution is -2.15. The van der Waals surface area contributed by atoms with Crippen LogP contribution in [0.3, 0.4) is 0 Å². The normalized spacial score (nSPS) is 20.3. The van der Waals surface area contributed by atoms with Gasteiger partial charge in [-0.1, -0.05) is 50.6 Å². The first-order valence-corrected chi connectivity index (χ1v) is 12.9. The molecule has 4 heteroatoms. The van der Waals surface area contributed by atoms with Crippen molar-refractivity contribution in [3.8, 4) is 16.9 Å². The van der Waals surface area contributed by atoms with Crippen LogP contribution in [0.2, 0.25) is 0 Å². The molecule has 1 fully saturated rings. The van der Waals surface area contributed by atoms with E-state index in [9.17, 15) is 9.18 Å². The van der Waals surface area contributed by atoms with E-state index in [1.165, 1.54) is 11.1 Å². The van der Waals surface area contributed by atoms with Crippen LogP contribution in [0.4, 0.5) is 4.39 Å². The average Bonchev–Trinajstić information content (AvgIpc) is 3.47. The molecule has 2 aliphatic carbocycles. The Bertz CT molecular complexity index is 1320. The van der Waals surface area contributed by atoms with Crippen molar-refractivity contribution in [2.24, 2.45) is 5.92 Å². The van der Waals surface area contributed by atoms with Crippen molar-refractivity contribution in [2.75, 3.05) is 6.61 Å². The van der Waals surface area contributed by atoms with Gasteiger partial charge in [0.1, 0.15) is 18.2 Å². The number of benzene rings is 3. The Labute approximate surface area is 213 Å². The van der Waals surface area contributed by atoms with Crippen LogP contribution in [0.5, 0.6) is 5.75 Å². The Morgan fingerprint density at radius 3 is 2.61 bits per heavy atom. The molecule has 2 aliphatic rings. The van der Waals surface area contributed by atoms with Gasteiger partial charge < -0.3 is 9.47 Å². The zero-order chi connectivity index (χ0) is 25.7. The fraction of sp³-hybridized carbons (Fsp3) is 0.406. The van der Waals surface area contributed by atoms with E-state index in [4.69, 9.17) is 9.47 Å². The molecular formula is C32H35FO3. The Morgan fingerprint density at radius 2 is 1.86 bits per heavy atom. The van der Waals surface area contributed by atoms with Gasteiger partial charge in [-0.25, -0.2) is 4.39 Å². The largest absolute Gasteiger partial charge is 0.489 e. The highest BCUT2D eigenvalue weighted by Crippen LogP contribution is 2.62. The molecule has 3 nitrogen and oxygen atoms in total. The van der Waals surface area contributed by atoms with Gasteiger partial charge in [0.05, 0.1) is 12.5 Å². The first kappa shape index (κ1) is 24.5. The van der Waals surface area contributed by atoms with Crippen LogP contribution in [0.15, 0.2) is 54.6 Å². The predicted octanol–water partition coefficient (Wildman–Crippen LogP) is 7.44. The third-order valence-corrected chi connectivity index (χ3v) is 7.81. The second-order valence-electron chi connectivity index (χ2n) is 11.4. The topological polar surface area (TPSA) is 35.5 Å². The van der Waals surface area contributed by atoms with Crippen LogP contribution in [0, 0.1) is 18.7 Å². The van der Waals surface area contributed by atoms with Crippen LogP contribution in [-0.4, -0.2) is 12.6 Å². The molecule has 0 aliphatic heterocycles. The summed E-state index contributed by atoms with van der Waals surface area (Å²) in [4.78, 5) is 12.4. The Morgan fingerprint density at radius 1 is 1.06 bits per heavy atom. The Kier molecular flexibility index (Phi) is 6.18. The number of hydrogen-bond acceptors (Lipinski definition) is 3. The summed E-state index contributed by atoms with van der Waals surface area (Å²) in [5, 5.41) is 0. The number of carbonyl (C=O) groups is 1. The Hall–Kier alpha value is -3.14. The number of ether oxygens (including phenoxy) is 2. The zero-order valence-electron chi connectivity index (χ0n) is 21.9. The van der Waals surface area contributed by atoms with Crippen molar-refractivity contribution >= 4 is 5.97 Å². The summed E-state index contributed by atoms with van der Waals surface area (Å²) >= 11 is 0. The monoisotopic (exact) mass is 486 g/mol. The van der Waals surface area contributed by atoms with E-state index in [0.717, 1.165) is 47.3 Å². The van der Waals surface area contributed by atoms with Gasteiger partial charge in [0.15, 0.2) is 0 Å². The van der Waals surface area contributed by atoms with Crippen LogP contribution in [0.1, 0.15) is 68.4 Å². The second-order valence-corrected chi connectivity index (χ2v) is 11.4. The lowest BCUT2D eigenvalue weighted by Gasteiger charge is -2.24. The van der Waals surface area contributed by atoms with E-state index in [0.29, 0.717) is 18.8 Å². The summed E-state index contributed by atoms with van der Waals surface area (Å²) < 4.78 is 26.4. The van der Waals surface area contributed by atoms with Crippen molar-refractivity contribution < 1.29 is 18.7 Å². The molecule has 0 heterocycles. The average molecular weight is 487 g/mol. The van der Waals surface area contributed by atoms with Crippen LogP contribution in [0.25, 0.3) is 11.1 Å². The Balaban J connectivity index is 1.40. The minimum absolute atomic E-state index is 0.0364. The number of carbonyl (C=O) groups excluding carboxylic acids is 1. The van der Waals surface area contributed by atoms with Gasteiger partial charge >= 0.3 is 5.97 Å². The third kappa shape index (κ3) is 4.42. The SMILES string of the molecule is CCOC(=O)[C@H]1C[C@]12CCc1ccc(OCc3ccc(C(C)(C)C)c(-c4cc(C)ccc4F)c3)cc12. The van der Waals surface area contributed by atoms with Crippen molar-refractivity contribution in [2.45, 2.75) is 71.3 Å². The molecule has 36 heavy (non-hydrogen) atoms. The summed E-state index contributed by atoms with van der Waals surface area (Å²) in [6.45, 7) is 11.1. The molecule has 3 aromatic rings. The first-order valence-electron chi connectivity index (χ1n) is 12.9. The van der Waals surface area contributed by atoms with Crippen LogP contribution in [-0.2, 0) is 33.4 Å². The lowest BCUT2D eigenvalue weighted by atomic mass is 9.81. The highest BCUT2D eigenvalue weighted by molar-refractivity contribution is 5.80. The van der Waals surface area contributed by atoms with E-state index in [-0.39, 0.29) is 28.5 Å². The molecule has 1 spiro atoms.